The number of hydrogen-bond donors (Lipinski definition) is 5. The van der Waals surface area contributed by atoms with Crippen LogP contribution in [0.4, 0.5) is 4.79 Å². The summed E-state index contributed by atoms with van der Waals surface area (Å²) in [6.45, 7) is 9.68. The molecule has 96 valence electrons. The molecule has 0 heterocycles. The molecule has 0 unspecified atom stereocenters. The van der Waals surface area contributed by atoms with Crippen molar-refractivity contribution < 1.29 is 4.79 Å². The fraction of sp³-hybridized carbons (Fsp3) is 0.900. The Hall–Kier alpha value is -0.850. The summed E-state index contributed by atoms with van der Waals surface area (Å²) in [5.41, 5.74) is 2.04. The first-order chi connectivity index (χ1) is 7.47. The molecule has 0 saturated carbocycles. The van der Waals surface area contributed by atoms with Gasteiger partial charge in [-0.1, -0.05) is 13.8 Å². The van der Waals surface area contributed by atoms with Crippen LogP contribution in [0.3, 0.4) is 0 Å². The Morgan fingerprint density at radius 3 is 2.25 bits per heavy atom. The number of rotatable bonds is 7. The van der Waals surface area contributed by atoms with Crippen LogP contribution in [0.1, 0.15) is 27.7 Å². The van der Waals surface area contributed by atoms with Crippen LogP contribution in [-0.4, -0.2) is 31.3 Å². The zero-order chi connectivity index (χ0) is 12.6. The monoisotopic (exact) mass is 231 g/mol. The molecular formula is C10H25N5O. The van der Waals surface area contributed by atoms with E-state index in [-0.39, 0.29) is 12.1 Å². The second-order valence-electron chi connectivity index (χ2n) is 4.44. The van der Waals surface area contributed by atoms with Crippen molar-refractivity contribution >= 4 is 6.03 Å². The van der Waals surface area contributed by atoms with Gasteiger partial charge in [-0.25, -0.2) is 10.6 Å². The average molecular weight is 231 g/mol. The topological polar surface area (TPSA) is 91.2 Å². The smallest absolute Gasteiger partial charge is 0.328 e. The third-order valence-corrected chi connectivity index (χ3v) is 2.29. The quantitative estimate of drug-likeness (QED) is 0.180. The van der Waals surface area contributed by atoms with Crippen molar-refractivity contribution in [3.05, 3.63) is 0 Å². The van der Waals surface area contributed by atoms with Gasteiger partial charge in [0.05, 0.1) is 0 Å². The van der Waals surface area contributed by atoms with Crippen molar-refractivity contribution in [2.75, 3.05) is 13.2 Å². The minimum atomic E-state index is -0.357. The third kappa shape index (κ3) is 7.44. The first-order valence-corrected chi connectivity index (χ1v) is 5.68. The van der Waals surface area contributed by atoms with Gasteiger partial charge in [0.1, 0.15) is 0 Å². The van der Waals surface area contributed by atoms with Crippen molar-refractivity contribution in [3.63, 3.8) is 0 Å². The molecule has 6 nitrogen and oxygen atoms in total. The summed E-state index contributed by atoms with van der Waals surface area (Å²) >= 11 is 0. The van der Waals surface area contributed by atoms with Crippen molar-refractivity contribution in [1.29, 1.82) is 0 Å². The van der Waals surface area contributed by atoms with Gasteiger partial charge >= 0.3 is 6.03 Å². The van der Waals surface area contributed by atoms with Gasteiger partial charge in [0.25, 0.3) is 0 Å². The summed E-state index contributed by atoms with van der Waals surface area (Å²) in [5, 5.41) is 9.29. The SMILES string of the molecule is CC(C)NCN[C@H](CNC(=O)NN)C(C)C. The van der Waals surface area contributed by atoms with E-state index in [1.807, 2.05) is 5.43 Å². The molecule has 0 fully saturated rings. The minimum absolute atomic E-state index is 0.226. The molecule has 0 aliphatic carbocycles. The van der Waals surface area contributed by atoms with Gasteiger partial charge in [0.2, 0.25) is 0 Å². The fourth-order valence-corrected chi connectivity index (χ4v) is 1.19. The maximum Gasteiger partial charge on any atom is 0.328 e. The van der Waals surface area contributed by atoms with Gasteiger partial charge in [0, 0.05) is 25.3 Å². The van der Waals surface area contributed by atoms with Crippen LogP contribution in [0.15, 0.2) is 0 Å². The fourth-order valence-electron chi connectivity index (χ4n) is 1.19. The Kier molecular flexibility index (Phi) is 7.88. The lowest BCUT2D eigenvalue weighted by molar-refractivity contribution is 0.238. The van der Waals surface area contributed by atoms with E-state index in [2.05, 4.69) is 43.6 Å². The molecule has 0 aromatic rings. The van der Waals surface area contributed by atoms with E-state index >= 15 is 0 Å². The molecule has 0 aromatic heterocycles. The maximum absolute atomic E-state index is 10.9. The number of amides is 2. The summed E-state index contributed by atoms with van der Waals surface area (Å²) in [6.07, 6.45) is 0. The normalized spacial score (nSPS) is 12.9. The molecule has 0 aromatic carbocycles. The molecule has 0 aliphatic heterocycles. The van der Waals surface area contributed by atoms with E-state index < -0.39 is 0 Å². The summed E-state index contributed by atoms with van der Waals surface area (Å²) in [4.78, 5) is 10.9. The average Bonchev–Trinajstić information content (AvgIpc) is 2.21. The van der Waals surface area contributed by atoms with Crippen LogP contribution in [0, 0.1) is 5.92 Å². The molecule has 0 rings (SSSR count). The Bertz CT molecular complexity index is 196. The molecule has 0 spiro atoms. The van der Waals surface area contributed by atoms with Gasteiger partial charge in [-0.2, -0.15) is 0 Å². The molecule has 6 heteroatoms. The molecular weight excluding hydrogens is 206 g/mol. The predicted molar refractivity (Wildman–Crippen MR) is 65.6 cm³/mol. The maximum atomic E-state index is 10.9. The van der Waals surface area contributed by atoms with E-state index in [1.165, 1.54) is 0 Å². The Labute approximate surface area is 97.7 Å². The number of carbonyl (C=O) groups is 1. The van der Waals surface area contributed by atoms with E-state index in [0.29, 0.717) is 18.5 Å². The zero-order valence-electron chi connectivity index (χ0n) is 10.6. The zero-order valence-corrected chi connectivity index (χ0v) is 10.6. The first-order valence-electron chi connectivity index (χ1n) is 5.68. The summed E-state index contributed by atoms with van der Waals surface area (Å²) < 4.78 is 0. The van der Waals surface area contributed by atoms with E-state index in [1.54, 1.807) is 0 Å². The second-order valence-corrected chi connectivity index (χ2v) is 4.44. The van der Waals surface area contributed by atoms with Gasteiger partial charge in [0.15, 0.2) is 0 Å². The highest BCUT2D eigenvalue weighted by atomic mass is 16.2. The molecule has 0 radical (unpaired) electrons. The highest BCUT2D eigenvalue weighted by Gasteiger charge is 2.13. The standard InChI is InChI=1S/C10H25N5O/c1-7(2)9(5-12-10(16)15-11)14-6-13-8(3)4/h7-9,13-14H,5-6,11H2,1-4H3,(H2,12,15,16)/t9-/m1/s1. The molecule has 0 aliphatic rings. The van der Waals surface area contributed by atoms with Gasteiger partial charge in [-0.05, 0) is 19.8 Å². The van der Waals surface area contributed by atoms with E-state index in [4.69, 9.17) is 5.84 Å². The lowest BCUT2D eigenvalue weighted by Crippen LogP contribution is -2.50. The van der Waals surface area contributed by atoms with Crippen molar-refractivity contribution in [2.24, 2.45) is 11.8 Å². The summed E-state index contributed by atoms with van der Waals surface area (Å²) in [6, 6.07) is 0.313. The van der Waals surface area contributed by atoms with Gasteiger partial charge in [-0.3, -0.25) is 10.7 Å². The number of carbonyl (C=O) groups excluding carboxylic acids is 1. The van der Waals surface area contributed by atoms with Crippen LogP contribution in [-0.2, 0) is 0 Å². The number of nitrogens with two attached hydrogens (primary N) is 1. The number of nitrogens with one attached hydrogen (secondary N) is 4. The molecule has 16 heavy (non-hydrogen) atoms. The Balaban J connectivity index is 3.84. The molecule has 1 atom stereocenters. The lowest BCUT2D eigenvalue weighted by Gasteiger charge is -2.23. The van der Waals surface area contributed by atoms with E-state index in [9.17, 15) is 4.79 Å². The summed E-state index contributed by atoms with van der Waals surface area (Å²) in [7, 11) is 0. The van der Waals surface area contributed by atoms with Crippen LogP contribution < -0.4 is 27.2 Å². The number of hydrogen-bond acceptors (Lipinski definition) is 4. The molecule has 6 N–H and O–H groups in total. The Morgan fingerprint density at radius 1 is 1.19 bits per heavy atom. The Morgan fingerprint density at radius 2 is 1.81 bits per heavy atom. The molecule has 0 saturated heterocycles. The van der Waals surface area contributed by atoms with Crippen molar-refractivity contribution in [2.45, 2.75) is 39.8 Å². The van der Waals surface area contributed by atoms with Gasteiger partial charge < -0.3 is 10.6 Å². The van der Waals surface area contributed by atoms with E-state index in [0.717, 1.165) is 6.67 Å². The first kappa shape index (κ1) is 15.2. The van der Waals surface area contributed by atoms with Crippen LogP contribution in [0.2, 0.25) is 0 Å². The lowest BCUT2D eigenvalue weighted by atomic mass is 10.1. The summed E-state index contributed by atoms with van der Waals surface area (Å²) in [5.74, 6) is 5.42. The minimum Gasteiger partial charge on any atom is -0.335 e. The number of hydrazine groups is 1. The van der Waals surface area contributed by atoms with Crippen molar-refractivity contribution in [3.8, 4) is 0 Å². The second kappa shape index (κ2) is 8.32. The number of urea groups is 1. The van der Waals surface area contributed by atoms with Gasteiger partial charge in [-0.15, -0.1) is 0 Å². The largest absolute Gasteiger partial charge is 0.335 e. The molecule has 2 amide bonds. The third-order valence-electron chi connectivity index (χ3n) is 2.29. The van der Waals surface area contributed by atoms with Crippen molar-refractivity contribution in [1.82, 2.24) is 21.4 Å². The molecule has 0 bridgehead atoms. The highest BCUT2D eigenvalue weighted by molar-refractivity contribution is 5.73. The van der Waals surface area contributed by atoms with Crippen LogP contribution in [0.5, 0.6) is 0 Å². The van der Waals surface area contributed by atoms with Crippen LogP contribution in [0.25, 0.3) is 0 Å². The predicted octanol–water partition coefficient (Wildman–Crippen LogP) is -0.271. The highest BCUT2D eigenvalue weighted by Crippen LogP contribution is 1.99. The van der Waals surface area contributed by atoms with Crippen LogP contribution >= 0.6 is 0 Å².